The number of hydrogen-bond acceptors (Lipinski definition) is 1. The van der Waals surface area contributed by atoms with E-state index in [0.717, 1.165) is 17.8 Å². The molecular formula is C15H26O. The van der Waals surface area contributed by atoms with Crippen LogP contribution in [0.5, 0.6) is 0 Å². The van der Waals surface area contributed by atoms with Crippen molar-refractivity contribution in [2.24, 2.45) is 34.5 Å². The molecule has 3 rings (SSSR count). The van der Waals surface area contributed by atoms with Crippen molar-refractivity contribution < 1.29 is 5.11 Å². The summed E-state index contributed by atoms with van der Waals surface area (Å²) in [7, 11) is 0. The van der Waals surface area contributed by atoms with E-state index in [1.165, 1.54) is 32.1 Å². The summed E-state index contributed by atoms with van der Waals surface area (Å²) in [6.07, 6.45) is 7.10. The summed E-state index contributed by atoms with van der Waals surface area (Å²) < 4.78 is 0. The molecule has 0 amide bonds. The maximum atomic E-state index is 9.73. The lowest BCUT2D eigenvalue weighted by atomic mass is 9.52. The smallest absolute Gasteiger partial charge is 0.0467 e. The van der Waals surface area contributed by atoms with E-state index in [0.29, 0.717) is 23.4 Å². The Hall–Kier alpha value is -0.0400. The number of fused-ring (bicyclic) bond motifs is 1. The summed E-state index contributed by atoms with van der Waals surface area (Å²) >= 11 is 0. The summed E-state index contributed by atoms with van der Waals surface area (Å²) in [5, 5.41) is 9.73. The van der Waals surface area contributed by atoms with Crippen molar-refractivity contribution >= 4 is 0 Å². The second kappa shape index (κ2) is 3.25. The first-order valence-electron chi connectivity index (χ1n) is 7.13. The minimum absolute atomic E-state index is 0.374. The molecule has 16 heavy (non-hydrogen) atoms. The average Bonchev–Trinajstić information content (AvgIpc) is 2.74. The summed E-state index contributed by atoms with van der Waals surface area (Å²) in [4.78, 5) is 0. The van der Waals surface area contributed by atoms with Crippen LogP contribution >= 0.6 is 0 Å². The third-order valence-electron chi connectivity index (χ3n) is 6.81. The molecule has 5 atom stereocenters. The molecule has 0 saturated heterocycles. The molecule has 3 fully saturated rings. The van der Waals surface area contributed by atoms with Gasteiger partial charge in [-0.05, 0) is 66.6 Å². The molecule has 3 aliphatic carbocycles. The predicted molar refractivity (Wildman–Crippen MR) is 66.0 cm³/mol. The lowest BCUT2D eigenvalue weighted by Gasteiger charge is -2.53. The molecule has 3 saturated carbocycles. The third-order valence-corrected chi connectivity index (χ3v) is 6.81. The Balaban J connectivity index is 2.03. The molecule has 1 spiro atoms. The van der Waals surface area contributed by atoms with Crippen LogP contribution < -0.4 is 0 Å². The van der Waals surface area contributed by atoms with Gasteiger partial charge in [0, 0.05) is 6.61 Å². The lowest BCUT2D eigenvalue weighted by Crippen LogP contribution is -2.48. The van der Waals surface area contributed by atoms with Crippen LogP contribution in [0.3, 0.4) is 0 Å². The van der Waals surface area contributed by atoms with E-state index < -0.39 is 0 Å². The van der Waals surface area contributed by atoms with Gasteiger partial charge >= 0.3 is 0 Å². The van der Waals surface area contributed by atoms with Gasteiger partial charge in [-0.25, -0.2) is 0 Å². The Morgan fingerprint density at radius 1 is 1.19 bits per heavy atom. The molecule has 1 nitrogen and oxygen atoms in total. The zero-order valence-electron chi connectivity index (χ0n) is 11.0. The maximum absolute atomic E-state index is 9.73. The van der Waals surface area contributed by atoms with Crippen molar-refractivity contribution in [2.75, 3.05) is 6.61 Å². The molecule has 0 radical (unpaired) electrons. The Labute approximate surface area is 99.6 Å². The van der Waals surface area contributed by atoms with Crippen molar-refractivity contribution in [1.82, 2.24) is 0 Å². The first kappa shape index (κ1) is 11.1. The van der Waals surface area contributed by atoms with E-state index in [4.69, 9.17) is 0 Å². The Morgan fingerprint density at radius 3 is 2.62 bits per heavy atom. The topological polar surface area (TPSA) is 20.2 Å². The van der Waals surface area contributed by atoms with Gasteiger partial charge in [0.05, 0.1) is 0 Å². The molecule has 0 aromatic heterocycles. The van der Waals surface area contributed by atoms with Crippen molar-refractivity contribution in [3.63, 3.8) is 0 Å². The van der Waals surface area contributed by atoms with Crippen LogP contribution in [0.1, 0.15) is 52.9 Å². The van der Waals surface area contributed by atoms with Gasteiger partial charge in [0.2, 0.25) is 0 Å². The van der Waals surface area contributed by atoms with Crippen molar-refractivity contribution in [3.8, 4) is 0 Å². The standard InChI is InChI=1S/C15H26O/c1-10-4-5-13-14(2,3)12(9-16)11-6-7-15(10,13)8-11/h10-13,16H,4-9H2,1-3H3/t10-,11+,12+,13-,15-/m0/s1. The first-order valence-corrected chi connectivity index (χ1v) is 7.13. The van der Waals surface area contributed by atoms with E-state index in [9.17, 15) is 5.11 Å². The van der Waals surface area contributed by atoms with Gasteiger partial charge in [-0.2, -0.15) is 0 Å². The van der Waals surface area contributed by atoms with Crippen LogP contribution in [-0.4, -0.2) is 11.7 Å². The van der Waals surface area contributed by atoms with Crippen LogP contribution in [-0.2, 0) is 0 Å². The lowest BCUT2D eigenvalue weighted by molar-refractivity contribution is -0.0675. The fourth-order valence-electron chi connectivity index (χ4n) is 5.95. The highest BCUT2D eigenvalue weighted by Crippen LogP contribution is 2.70. The number of aliphatic hydroxyl groups excluding tert-OH is 1. The monoisotopic (exact) mass is 222 g/mol. The van der Waals surface area contributed by atoms with Gasteiger partial charge in [0.15, 0.2) is 0 Å². The maximum Gasteiger partial charge on any atom is 0.0467 e. The normalized spacial score (nSPS) is 54.0. The van der Waals surface area contributed by atoms with Crippen LogP contribution in [0.25, 0.3) is 0 Å². The van der Waals surface area contributed by atoms with Crippen molar-refractivity contribution in [1.29, 1.82) is 0 Å². The second-order valence-corrected chi connectivity index (χ2v) is 7.38. The van der Waals surface area contributed by atoms with E-state index in [-0.39, 0.29) is 0 Å². The fourth-order valence-corrected chi connectivity index (χ4v) is 5.95. The van der Waals surface area contributed by atoms with Crippen LogP contribution in [0.4, 0.5) is 0 Å². The van der Waals surface area contributed by atoms with E-state index in [1.807, 2.05) is 0 Å². The first-order chi connectivity index (χ1) is 7.52. The minimum atomic E-state index is 0.374. The molecule has 1 heteroatoms. The fraction of sp³-hybridized carbons (Fsp3) is 1.00. The second-order valence-electron chi connectivity index (χ2n) is 7.38. The van der Waals surface area contributed by atoms with Gasteiger partial charge in [0.1, 0.15) is 0 Å². The van der Waals surface area contributed by atoms with Crippen LogP contribution in [0.2, 0.25) is 0 Å². The molecule has 2 bridgehead atoms. The Bertz CT molecular complexity index is 296. The Morgan fingerprint density at radius 2 is 1.94 bits per heavy atom. The predicted octanol–water partition coefficient (Wildman–Crippen LogP) is 3.47. The molecule has 0 aromatic rings. The SMILES string of the molecule is C[C@H]1CC[C@H]2C(C)(C)[C@H](CO)[C@@H]3CC[C@]12C3. The van der Waals surface area contributed by atoms with Gasteiger partial charge in [-0.3, -0.25) is 0 Å². The van der Waals surface area contributed by atoms with Gasteiger partial charge < -0.3 is 5.11 Å². The zero-order chi connectivity index (χ0) is 11.6. The molecule has 1 N–H and O–H groups in total. The summed E-state index contributed by atoms with van der Waals surface area (Å²) in [6.45, 7) is 7.77. The van der Waals surface area contributed by atoms with E-state index in [2.05, 4.69) is 20.8 Å². The molecule has 0 heterocycles. The van der Waals surface area contributed by atoms with Crippen molar-refractivity contribution in [3.05, 3.63) is 0 Å². The van der Waals surface area contributed by atoms with E-state index >= 15 is 0 Å². The molecule has 0 unspecified atom stereocenters. The molecule has 0 aliphatic heterocycles. The highest BCUT2D eigenvalue weighted by atomic mass is 16.3. The highest BCUT2D eigenvalue weighted by Gasteiger charge is 2.63. The largest absolute Gasteiger partial charge is 0.396 e. The summed E-state index contributed by atoms with van der Waals surface area (Å²) in [5.41, 5.74) is 1.04. The zero-order valence-corrected chi connectivity index (χ0v) is 11.0. The quantitative estimate of drug-likeness (QED) is 0.720. The Kier molecular flexibility index (Phi) is 2.25. The molecule has 92 valence electrons. The van der Waals surface area contributed by atoms with Crippen molar-refractivity contribution in [2.45, 2.75) is 52.9 Å². The van der Waals surface area contributed by atoms with E-state index in [1.54, 1.807) is 0 Å². The van der Waals surface area contributed by atoms with Gasteiger partial charge in [-0.1, -0.05) is 20.8 Å². The molecule has 0 aromatic carbocycles. The third kappa shape index (κ3) is 1.11. The molecule has 3 aliphatic rings. The number of rotatable bonds is 1. The number of aliphatic hydroxyl groups is 1. The number of hydrogen-bond donors (Lipinski definition) is 1. The van der Waals surface area contributed by atoms with Crippen LogP contribution in [0, 0.1) is 34.5 Å². The highest BCUT2D eigenvalue weighted by molar-refractivity contribution is 5.12. The van der Waals surface area contributed by atoms with Crippen LogP contribution in [0.15, 0.2) is 0 Å². The minimum Gasteiger partial charge on any atom is -0.396 e. The molecular weight excluding hydrogens is 196 g/mol. The van der Waals surface area contributed by atoms with Gasteiger partial charge in [0.25, 0.3) is 0 Å². The van der Waals surface area contributed by atoms with Gasteiger partial charge in [-0.15, -0.1) is 0 Å². The summed E-state index contributed by atoms with van der Waals surface area (Å²) in [5.74, 6) is 3.20. The average molecular weight is 222 g/mol. The summed E-state index contributed by atoms with van der Waals surface area (Å²) in [6, 6.07) is 0.